The van der Waals surface area contributed by atoms with E-state index in [1.165, 1.54) is 40.0 Å². The smallest absolute Gasteiger partial charge is 0.0270 e. The van der Waals surface area contributed by atoms with Crippen molar-refractivity contribution in [3.8, 4) is 11.1 Å². The molecule has 0 saturated heterocycles. The first-order chi connectivity index (χ1) is 11.4. The molecule has 0 atom stereocenters. The summed E-state index contributed by atoms with van der Waals surface area (Å²) in [5, 5.41) is 2.12. The van der Waals surface area contributed by atoms with Gasteiger partial charge in [-0.05, 0) is 52.6 Å². The third kappa shape index (κ3) is 4.00. The van der Waals surface area contributed by atoms with E-state index in [0.717, 1.165) is 6.42 Å². The molecular formula is C22H22S. The Morgan fingerprint density at radius 3 is 2.39 bits per heavy atom. The zero-order valence-corrected chi connectivity index (χ0v) is 14.4. The average molecular weight is 318 g/mol. The highest BCUT2D eigenvalue weighted by Crippen LogP contribution is 2.29. The van der Waals surface area contributed by atoms with Gasteiger partial charge < -0.3 is 0 Å². The molecule has 0 saturated carbocycles. The molecule has 1 aromatic heterocycles. The van der Waals surface area contributed by atoms with Gasteiger partial charge in [-0.2, -0.15) is 0 Å². The van der Waals surface area contributed by atoms with Crippen LogP contribution in [0.1, 0.15) is 35.8 Å². The summed E-state index contributed by atoms with van der Waals surface area (Å²) in [5.74, 6) is 0. The minimum atomic E-state index is 1.15. The van der Waals surface area contributed by atoms with Gasteiger partial charge in [0.2, 0.25) is 0 Å². The predicted octanol–water partition coefficient (Wildman–Crippen LogP) is 6.93. The fourth-order valence-electron chi connectivity index (χ4n) is 2.81. The van der Waals surface area contributed by atoms with E-state index >= 15 is 0 Å². The topological polar surface area (TPSA) is 0 Å². The second-order valence-electron chi connectivity index (χ2n) is 5.70. The van der Waals surface area contributed by atoms with Gasteiger partial charge in [0.15, 0.2) is 0 Å². The molecule has 23 heavy (non-hydrogen) atoms. The molecule has 0 radical (unpaired) electrons. The molecule has 0 bridgehead atoms. The van der Waals surface area contributed by atoms with Gasteiger partial charge in [0.05, 0.1) is 0 Å². The summed E-state index contributed by atoms with van der Waals surface area (Å²) in [4.78, 5) is 1.29. The van der Waals surface area contributed by atoms with E-state index in [1.807, 2.05) is 0 Å². The minimum Gasteiger partial charge on any atom is -0.144 e. The number of benzene rings is 2. The van der Waals surface area contributed by atoms with Crippen molar-refractivity contribution in [1.29, 1.82) is 0 Å². The van der Waals surface area contributed by atoms with Crippen molar-refractivity contribution in [2.45, 2.75) is 26.2 Å². The first-order valence-electron chi connectivity index (χ1n) is 8.27. The first-order valence-corrected chi connectivity index (χ1v) is 9.15. The molecule has 3 rings (SSSR count). The molecule has 3 aromatic rings. The minimum absolute atomic E-state index is 1.15. The zero-order chi connectivity index (χ0) is 15.9. The second-order valence-corrected chi connectivity index (χ2v) is 6.68. The van der Waals surface area contributed by atoms with Crippen LogP contribution in [-0.2, 0) is 6.42 Å². The van der Waals surface area contributed by atoms with Crippen molar-refractivity contribution >= 4 is 23.5 Å². The lowest BCUT2D eigenvalue weighted by Gasteiger charge is -2.12. The van der Waals surface area contributed by atoms with E-state index in [1.54, 1.807) is 11.3 Å². The number of aryl methyl sites for hydroxylation is 1. The van der Waals surface area contributed by atoms with Crippen LogP contribution in [0.4, 0.5) is 0 Å². The largest absolute Gasteiger partial charge is 0.144 e. The Bertz CT molecular complexity index is 766. The van der Waals surface area contributed by atoms with Crippen LogP contribution in [0.2, 0.25) is 0 Å². The molecule has 0 N–H and O–H groups in total. The van der Waals surface area contributed by atoms with Crippen molar-refractivity contribution in [2.75, 3.05) is 0 Å². The van der Waals surface area contributed by atoms with Crippen molar-refractivity contribution < 1.29 is 0 Å². The lowest BCUT2D eigenvalue weighted by Crippen LogP contribution is -1.91. The van der Waals surface area contributed by atoms with Crippen LogP contribution in [0.5, 0.6) is 0 Å². The third-order valence-electron chi connectivity index (χ3n) is 4.04. The third-order valence-corrected chi connectivity index (χ3v) is 4.88. The molecule has 0 aliphatic carbocycles. The second kappa shape index (κ2) is 7.94. The van der Waals surface area contributed by atoms with Crippen LogP contribution < -0.4 is 0 Å². The van der Waals surface area contributed by atoms with Gasteiger partial charge >= 0.3 is 0 Å². The van der Waals surface area contributed by atoms with E-state index in [0.29, 0.717) is 0 Å². The van der Waals surface area contributed by atoms with E-state index in [-0.39, 0.29) is 0 Å². The molecule has 116 valence electrons. The number of hydrogen-bond acceptors (Lipinski definition) is 1. The summed E-state index contributed by atoms with van der Waals surface area (Å²) in [6.07, 6.45) is 8.06. The Morgan fingerprint density at radius 2 is 1.61 bits per heavy atom. The molecule has 0 amide bonds. The highest BCUT2D eigenvalue weighted by atomic mass is 32.1. The molecular weight excluding hydrogens is 296 g/mol. The van der Waals surface area contributed by atoms with Gasteiger partial charge in [0.25, 0.3) is 0 Å². The molecule has 0 spiro atoms. The summed E-state index contributed by atoms with van der Waals surface area (Å²) in [5.41, 5.74) is 5.43. The average Bonchev–Trinajstić information content (AvgIpc) is 3.12. The summed E-state index contributed by atoms with van der Waals surface area (Å²) >= 11 is 1.77. The number of thiophene rings is 1. The highest BCUT2D eigenvalue weighted by Gasteiger charge is 2.07. The Morgan fingerprint density at radius 1 is 0.826 bits per heavy atom. The van der Waals surface area contributed by atoms with Crippen LogP contribution in [0.25, 0.3) is 23.3 Å². The van der Waals surface area contributed by atoms with Gasteiger partial charge in [-0.25, -0.2) is 0 Å². The normalized spacial score (nSPS) is 11.2. The van der Waals surface area contributed by atoms with Crippen LogP contribution in [0.15, 0.2) is 66.0 Å². The standard InChI is InChI=1S/C22H22S/c1-2-3-9-18-10-4-6-13-21(18)22-14-7-5-11-19(22)15-16-20-12-8-17-23-20/h4-8,10-17H,2-3,9H2,1H3/b16-15+. The van der Waals surface area contributed by atoms with E-state index in [2.05, 4.69) is 85.1 Å². The quantitative estimate of drug-likeness (QED) is 0.462. The predicted molar refractivity (Wildman–Crippen MR) is 104 cm³/mol. The van der Waals surface area contributed by atoms with E-state index < -0.39 is 0 Å². The Kier molecular flexibility index (Phi) is 5.44. The Balaban J connectivity index is 1.97. The SMILES string of the molecule is CCCCc1ccccc1-c1ccccc1/C=C/c1cccs1. The van der Waals surface area contributed by atoms with Gasteiger partial charge in [-0.3, -0.25) is 0 Å². The molecule has 0 fully saturated rings. The molecule has 0 aliphatic heterocycles. The van der Waals surface area contributed by atoms with Crippen LogP contribution in [0.3, 0.4) is 0 Å². The molecule has 0 nitrogen and oxygen atoms in total. The van der Waals surface area contributed by atoms with E-state index in [9.17, 15) is 0 Å². The summed E-state index contributed by atoms with van der Waals surface area (Å²) in [7, 11) is 0. The molecule has 1 heteroatoms. The maximum absolute atomic E-state index is 2.27. The van der Waals surface area contributed by atoms with Gasteiger partial charge in [0.1, 0.15) is 0 Å². The lowest BCUT2D eigenvalue weighted by atomic mass is 9.93. The van der Waals surface area contributed by atoms with Gasteiger partial charge in [-0.15, -0.1) is 11.3 Å². The van der Waals surface area contributed by atoms with Crippen molar-refractivity contribution in [2.24, 2.45) is 0 Å². The summed E-state index contributed by atoms with van der Waals surface area (Å²) < 4.78 is 0. The molecule has 1 heterocycles. The molecule has 2 aromatic carbocycles. The Labute approximate surface area is 143 Å². The lowest BCUT2D eigenvalue weighted by molar-refractivity contribution is 0.796. The zero-order valence-electron chi connectivity index (χ0n) is 13.5. The summed E-state index contributed by atoms with van der Waals surface area (Å²) in [6.45, 7) is 2.25. The maximum atomic E-state index is 2.27. The number of unbranched alkanes of at least 4 members (excludes halogenated alkanes) is 1. The molecule has 0 aliphatic rings. The van der Waals surface area contributed by atoms with Crippen LogP contribution >= 0.6 is 11.3 Å². The van der Waals surface area contributed by atoms with E-state index in [4.69, 9.17) is 0 Å². The first kappa shape index (κ1) is 15.8. The fourth-order valence-corrected chi connectivity index (χ4v) is 3.43. The Hall–Kier alpha value is -2.12. The van der Waals surface area contributed by atoms with Gasteiger partial charge in [-0.1, -0.05) is 74.0 Å². The van der Waals surface area contributed by atoms with Gasteiger partial charge in [0, 0.05) is 4.88 Å². The van der Waals surface area contributed by atoms with Crippen molar-refractivity contribution in [1.82, 2.24) is 0 Å². The molecule has 0 unspecified atom stereocenters. The van der Waals surface area contributed by atoms with Crippen molar-refractivity contribution in [3.05, 3.63) is 82.0 Å². The monoisotopic (exact) mass is 318 g/mol. The van der Waals surface area contributed by atoms with Crippen LogP contribution in [0, 0.1) is 0 Å². The fraction of sp³-hybridized carbons (Fsp3) is 0.182. The van der Waals surface area contributed by atoms with Crippen molar-refractivity contribution in [3.63, 3.8) is 0 Å². The maximum Gasteiger partial charge on any atom is 0.0270 e. The number of hydrogen-bond donors (Lipinski definition) is 0. The highest BCUT2D eigenvalue weighted by molar-refractivity contribution is 7.10. The number of rotatable bonds is 6. The van der Waals surface area contributed by atoms with Crippen LogP contribution in [-0.4, -0.2) is 0 Å². The summed E-state index contributed by atoms with van der Waals surface area (Å²) in [6, 6.07) is 21.8.